The molecule has 3 aliphatic heterocycles. The van der Waals surface area contributed by atoms with Gasteiger partial charge in [-0.15, -0.1) is 0 Å². The number of piperazine rings is 1. The highest BCUT2D eigenvalue weighted by molar-refractivity contribution is 5.97. The van der Waals surface area contributed by atoms with Crippen LogP contribution in [0.5, 0.6) is 5.88 Å². The van der Waals surface area contributed by atoms with Crippen LogP contribution in [0.25, 0.3) is 0 Å². The number of hydrogen-bond acceptors (Lipinski definition) is 7. The Hall–Kier alpha value is -2.59. The van der Waals surface area contributed by atoms with E-state index in [0.717, 1.165) is 56.1 Å². The maximum absolute atomic E-state index is 14.3. The Morgan fingerprint density at radius 3 is 2.51 bits per heavy atom. The second-order valence-corrected chi connectivity index (χ2v) is 12.7. The molecule has 2 aromatic rings. The number of morpholine rings is 1. The number of ether oxygens (including phenoxy) is 2. The maximum atomic E-state index is 14.3. The summed E-state index contributed by atoms with van der Waals surface area (Å²) in [5, 5.41) is 3.64. The van der Waals surface area contributed by atoms with Crippen molar-refractivity contribution in [2.24, 2.45) is 5.92 Å². The highest BCUT2D eigenvalue weighted by Crippen LogP contribution is 2.35. The van der Waals surface area contributed by atoms with E-state index in [2.05, 4.69) is 54.7 Å². The van der Waals surface area contributed by atoms with E-state index >= 15 is 0 Å². The molecule has 5 atom stereocenters. The second kappa shape index (κ2) is 13.2. The summed E-state index contributed by atoms with van der Waals surface area (Å²) in [5.74, 6) is 0.745. The standard InChI is InChI=1S/C32H46FN5O3/c1-21(2)10-28-20-41-32-30(12-26(13-35-32)11-25-6-8-27(33)9-7-25)38(28)31(39)17-36-15-22(3)34-14-29(36)16-37-23(4)18-40-19-24(37)5/h6-9,12-13,21-24,28-29,34H,10-11,14-20H2,1-5H3/t22-,23-,24-,28?,29-/m1/s1. The van der Waals surface area contributed by atoms with Gasteiger partial charge in [-0.3, -0.25) is 19.5 Å². The molecular formula is C32H46FN5O3. The van der Waals surface area contributed by atoms with Gasteiger partial charge in [-0.2, -0.15) is 0 Å². The number of benzene rings is 1. The van der Waals surface area contributed by atoms with E-state index in [0.29, 0.717) is 49.5 Å². The van der Waals surface area contributed by atoms with Crippen LogP contribution in [0.1, 0.15) is 52.2 Å². The van der Waals surface area contributed by atoms with Crippen LogP contribution >= 0.6 is 0 Å². The van der Waals surface area contributed by atoms with Gasteiger partial charge in [0.15, 0.2) is 0 Å². The lowest BCUT2D eigenvalue weighted by molar-refractivity contribution is -0.122. The summed E-state index contributed by atoms with van der Waals surface area (Å²) >= 11 is 0. The molecule has 5 rings (SSSR count). The summed E-state index contributed by atoms with van der Waals surface area (Å²) in [6.45, 7) is 15.8. The third kappa shape index (κ3) is 7.25. The number of pyridine rings is 1. The molecule has 0 spiro atoms. The van der Waals surface area contributed by atoms with Crippen LogP contribution in [0.3, 0.4) is 0 Å². The molecule has 1 amide bonds. The lowest BCUT2D eigenvalue weighted by atomic mass is 10.00. The zero-order valence-corrected chi connectivity index (χ0v) is 25.2. The third-order valence-electron chi connectivity index (χ3n) is 8.60. The molecule has 0 saturated carbocycles. The first-order valence-electron chi connectivity index (χ1n) is 15.2. The first kappa shape index (κ1) is 29.9. The van der Waals surface area contributed by atoms with Crippen molar-refractivity contribution in [3.63, 3.8) is 0 Å². The van der Waals surface area contributed by atoms with Crippen molar-refractivity contribution in [2.75, 3.05) is 50.9 Å². The first-order valence-corrected chi connectivity index (χ1v) is 15.2. The average Bonchev–Trinajstić information content (AvgIpc) is 2.92. The normalized spacial score (nSPS) is 27.5. The van der Waals surface area contributed by atoms with E-state index < -0.39 is 0 Å². The second-order valence-electron chi connectivity index (χ2n) is 12.7. The summed E-state index contributed by atoms with van der Waals surface area (Å²) in [6, 6.07) is 9.74. The molecule has 0 bridgehead atoms. The molecule has 1 aromatic heterocycles. The quantitative estimate of drug-likeness (QED) is 0.522. The monoisotopic (exact) mass is 567 g/mol. The van der Waals surface area contributed by atoms with Gasteiger partial charge in [0, 0.05) is 50.0 Å². The van der Waals surface area contributed by atoms with E-state index in [1.807, 2.05) is 11.0 Å². The number of fused-ring (bicyclic) bond motifs is 1. The van der Waals surface area contributed by atoms with E-state index in [4.69, 9.17) is 9.47 Å². The average molecular weight is 568 g/mol. The van der Waals surface area contributed by atoms with E-state index in [1.54, 1.807) is 18.3 Å². The Kier molecular flexibility index (Phi) is 9.59. The number of anilines is 1. The van der Waals surface area contributed by atoms with Gasteiger partial charge < -0.3 is 14.8 Å². The van der Waals surface area contributed by atoms with Crippen molar-refractivity contribution in [1.29, 1.82) is 0 Å². The fourth-order valence-electron chi connectivity index (χ4n) is 6.50. The minimum atomic E-state index is -0.253. The Balaban J connectivity index is 1.39. The van der Waals surface area contributed by atoms with Crippen LogP contribution in [0.2, 0.25) is 0 Å². The van der Waals surface area contributed by atoms with Crippen molar-refractivity contribution in [3.8, 4) is 5.88 Å². The van der Waals surface area contributed by atoms with Crippen molar-refractivity contribution >= 4 is 11.6 Å². The van der Waals surface area contributed by atoms with Crippen molar-refractivity contribution in [1.82, 2.24) is 20.1 Å². The largest absolute Gasteiger partial charge is 0.474 e. The molecule has 41 heavy (non-hydrogen) atoms. The zero-order valence-electron chi connectivity index (χ0n) is 25.2. The molecule has 224 valence electrons. The number of halogens is 1. The maximum Gasteiger partial charge on any atom is 0.241 e. The number of carbonyl (C=O) groups is 1. The number of carbonyl (C=O) groups excluding carboxylic acids is 1. The highest BCUT2D eigenvalue weighted by Gasteiger charge is 2.38. The number of nitrogens with zero attached hydrogens (tertiary/aromatic N) is 4. The summed E-state index contributed by atoms with van der Waals surface area (Å²) in [7, 11) is 0. The number of aromatic nitrogens is 1. The number of nitrogens with one attached hydrogen (secondary N) is 1. The molecule has 0 radical (unpaired) electrons. The van der Waals surface area contributed by atoms with Gasteiger partial charge in [0.2, 0.25) is 11.8 Å². The first-order chi connectivity index (χ1) is 19.7. The van der Waals surface area contributed by atoms with Gasteiger partial charge in [-0.05, 0) is 68.9 Å². The zero-order chi connectivity index (χ0) is 29.1. The molecule has 9 heteroatoms. The molecule has 2 saturated heterocycles. The topological polar surface area (TPSA) is 70.2 Å². The molecule has 3 aliphatic rings. The third-order valence-corrected chi connectivity index (χ3v) is 8.60. The van der Waals surface area contributed by atoms with E-state index in [9.17, 15) is 9.18 Å². The predicted octanol–water partition coefficient (Wildman–Crippen LogP) is 3.72. The molecule has 1 N–H and O–H groups in total. The Bertz CT molecular complexity index is 1170. The lowest BCUT2D eigenvalue weighted by Crippen LogP contribution is -2.63. The molecule has 4 heterocycles. The minimum Gasteiger partial charge on any atom is -0.474 e. The molecule has 2 fully saturated rings. The minimum absolute atomic E-state index is 0.0593. The Morgan fingerprint density at radius 1 is 1.07 bits per heavy atom. The van der Waals surface area contributed by atoms with Crippen molar-refractivity contribution in [2.45, 2.75) is 77.7 Å². The molecule has 1 unspecified atom stereocenters. The van der Waals surface area contributed by atoms with Gasteiger partial charge in [-0.25, -0.2) is 9.37 Å². The van der Waals surface area contributed by atoms with E-state index in [-0.39, 0.29) is 23.8 Å². The molecular weight excluding hydrogens is 521 g/mol. The van der Waals surface area contributed by atoms with Crippen LogP contribution in [-0.2, 0) is 16.0 Å². The number of amides is 1. The number of hydrogen-bond donors (Lipinski definition) is 1. The number of rotatable bonds is 8. The predicted molar refractivity (Wildman–Crippen MR) is 159 cm³/mol. The van der Waals surface area contributed by atoms with Crippen LogP contribution in [0.15, 0.2) is 36.5 Å². The molecule has 1 aromatic carbocycles. The smallest absolute Gasteiger partial charge is 0.241 e. The Morgan fingerprint density at radius 2 is 1.80 bits per heavy atom. The van der Waals surface area contributed by atoms with E-state index in [1.165, 1.54) is 12.1 Å². The summed E-state index contributed by atoms with van der Waals surface area (Å²) in [5.41, 5.74) is 2.69. The summed E-state index contributed by atoms with van der Waals surface area (Å²) in [6.07, 6.45) is 3.24. The van der Waals surface area contributed by atoms with Crippen LogP contribution < -0.4 is 15.0 Å². The van der Waals surface area contributed by atoms with Gasteiger partial charge >= 0.3 is 0 Å². The van der Waals surface area contributed by atoms with Crippen LogP contribution in [0, 0.1) is 11.7 Å². The summed E-state index contributed by atoms with van der Waals surface area (Å²) in [4.78, 5) is 25.8. The van der Waals surface area contributed by atoms with Gasteiger partial charge in [0.05, 0.1) is 25.8 Å². The van der Waals surface area contributed by atoms with Gasteiger partial charge in [0.25, 0.3) is 0 Å². The lowest BCUT2D eigenvalue weighted by Gasteiger charge is -2.46. The van der Waals surface area contributed by atoms with Gasteiger partial charge in [-0.1, -0.05) is 26.0 Å². The van der Waals surface area contributed by atoms with Crippen LogP contribution in [-0.4, -0.2) is 96.9 Å². The van der Waals surface area contributed by atoms with Gasteiger partial charge in [0.1, 0.15) is 18.1 Å². The van der Waals surface area contributed by atoms with Crippen molar-refractivity contribution < 1.29 is 18.7 Å². The Labute approximate surface area is 244 Å². The molecule has 8 nitrogen and oxygen atoms in total. The fourth-order valence-corrected chi connectivity index (χ4v) is 6.50. The van der Waals surface area contributed by atoms with Crippen LogP contribution in [0.4, 0.5) is 10.1 Å². The SMILES string of the molecule is CC(C)CC1COc2ncc(Cc3ccc(F)cc3)cc2N1C(=O)CN1C[C@@H](C)NC[C@@H]1CN1[C@H](C)COC[C@H]1C. The van der Waals surface area contributed by atoms with Crippen molar-refractivity contribution in [3.05, 3.63) is 53.5 Å². The molecule has 0 aliphatic carbocycles. The highest BCUT2D eigenvalue weighted by atomic mass is 19.1. The summed E-state index contributed by atoms with van der Waals surface area (Å²) < 4.78 is 25.3. The fraction of sp³-hybridized carbons (Fsp3) is 0.625.